The highest BCUT2D eigenvalue weighted by Gasteiger charge is 2.25. The minimum atomic E-state index is -0.146. The molecule has 6 nitrogen and oxygen atoms in total. The molecule has 2 fully saturated rings. The van der Waals surface area contributed by atoms with Gasteiger partial charge in [0.1, 0.15) is 0 Å². The van der Waals surface area contributed by atoms with E-state index in [1.165, 1.54) is 0 Å². The third-order valence-corrected chi connectivity index (χ3v) is 5.17. The van der Waals surface area contributed by atoms with Crippen molar-refractivity contribution in [1.29, 1.82) is 0 Å². The highest BCUT2D eigenvalue weighted by molar-refractivity contribution is 5.98. The quantitative estimate of drug-likeness (QED) is 0.816. The smallest absolute Gasteiger partial charge is 0.251 e. The monoisotopic (exact) mass is 360 g/mol. The van der Waals surface area contributed by atoms with Crippen molar-refractivity contribution >= 4 is 11.8 Å². The Hall–Kier alpha value is -1.92. The van der Waals surface area contributed by atoms with Gasteiger partial charge in [0.2, 0.25) is 0 Å². The van der Waals surface area contributed by atoms with Crippen molar-refractivity contribution < 1.29 is 19.1 Å². The van der Waals surface area contributed by atoms with Gasteiger partial charge in [-0.3, -0.25) is 9.59 Å². The lowest BCUT2D eigenvalue weighted by molar-refractivity contribution is 0.0708. The van der Waals surface area contributed by atoms with Crippen molar-refractivity contribution in [1.82, 2.24) is 10.6 Å². The molecule has 2 saturated heterocycles. The van der Waals surface area contributed by atoms with Crippen LogP contribution in [0.4, 0.5) is 0 Å². The summed E-state index contributed by atoms with van der Waals surface area (Å²) >= 11 is 0. The molecule has 26 heavy (non-hydrogen) atoms. The summed E-state index contributed by atoms with van der Waals surface area (Å²) in [5.74, 6) is -0.291. The maximum absolute atomic E-state index is 12.4. The molecule has 3 rings (SSSR count). The molecule has 2 N–H and O–H groups in total. The van der Waals surface area contributed by atoms with Crippen molar-refractivity contribution in [3.05, 3.63) is 35.4 Å². The number of carbonyl (C=O) groups excluding carboxylic acids is 2. The lowest BCUT2D eigenvalue weighted by atomic mass is 10.1. The summed E-state index contributed by atoms with van der Waals surface area (Å²) in [6, 6.07) is 6.68. The van der Waals surface area contributed by atoms with Crippen molar-refractivity contribution in [3.8, 4) is 0 Å². The van der Waals surface area contributed by atoms with Gasteiger partial charge in [-0.05, 0) is 63.8 Å². The lowest BCUT2D eigenvalue weighted by Crippen LogP contribution is -2.41. The fourth-order valence-corrected chi connectivity index (χ4v) is 3.53. The van der Waals surface area contributed by atoms with Gasteiger partial charge in [0.15, 0.2) is 0 Å². The van der Waals surface area contributed by atoms with Gasteiger partial charge >= 0.3 is 0 Å². The number of rotatable bonds is 6. The van der Waals surface area contributed by atoms with Crippen LogP contribution in [-0.4, -0.2) is 49.3 Å². The topological polar surface area (TPSA) is 76.7 Å². The van der Waals surface area contributed by atoms with E-state index >= 15 is 0 Å². The number of nitrogens with one attached hydrogen (secondary N) is 2. The largest absolute Gasteiger partial charge is 0.376 e. The molecule has 1 aromatic carbocycles. The molecule has 0 aromatic heterocycles. The van der Waals surface area contributed by atoms with E-state index in [2.05, 4.69) is 10.6 Å². The van der Waals surface area contributed by atoms with Gasteiger partial charge in [-0.1, -0.05) is 0 Å². The average molecular weight is 360 g/mol. The maximum Gasteiger partial charge on any atom is 0.251 e. The molecular formula is C20H28N2O4. The molecule has 0 saturated carbocycles. The number of hydrogen-bond donors (Lipinski definition) is 2. The van der Waals surface area contributed by atoms with E-state index in [1.54, 1.807) is 24.3 Å². The molecule has 142 valence electrons. The molecule has 1 aromatic rings. The van der Waals surface area contributed by atoms with E-state index in [-0.39, 0.29) is 36.1 Å². The number of hydrogen-bond acceptors (Lipinski definition) is 4. The number of benzene rings is 1. The Morgan fingerprint density at radius 3 is 1.54 bits per heavy atom. The summed E-state index contributed by atoms with van der Waals surface area (Å²) in [6.45, 7) is 5.45. The first kappa shape index (κ1) is 18.9. The summed E-state index contributed by atoms with van der Waals surface area (Å²) in [5, 5.41) is 5.95. The minimum Gasteiger partial charge on any atom is -0.376 e. The molecule has 6 heteroatoms. The third-order valence-electron chi connectivity index (χ3n) is 5.17. The first-order valence-corrected chi connectivity index (χ1v) is 9.49. The van der Waals surface area contributed by atoms with E-state index < -0.39 is 0 Å². The highest BCUT2D eigenvalue weighted by Crippen LogP contribution is 2.17. The second-order valence-electron chi connectivity index (χ2n) is 7.20. The number of ether oxygens (including phenoxy) is 2. The Morgan fingerprint density at radius 2 is 1.23 bits per heavy atom. The Kier molecular flexibility index (Phi) is 6.27. The first-order chi connectivity index (χ1) is 12.5. The predicted molar refractivity (Wildman–Crippen MR) is 98.2 cm³/mol. The fourth-order valence-electron chi connectivity index (χ4n) is 3.53. The summed E-state index contributed by atoms with van der Waals surface area (Å²) in [5.41, 5.74) is 1.08. The normalized spacial score (nSPS) is 24.8. The highest BCUT2D eigenvalue weighted by atomic mass is 16.5. The second kappa shape index (κ2) is 8.64. The zero-order valence-corrected chi connectivity index (χ0v) is 15.5. The van der Waals surface area contributed by atoms with Gasteiger partial charge in [-0.2, -0.15) is 0 Å². The van der Waals surface area contributed by atoms with Crippen LogP contribution >= 0.6 is 0 Å². The van der Waals surface area contributed by atoms with Gasteiger partial charge in [0, 0.05) is 24.3 Å². The van der Waals surface area contributed by atoms with Crippen LogP contribution in [0.2, 0.25) is 0 Å². The van der Waals surface area contributed by atoms with Crippen molar-refractivity contribution in [2.45, 2.75) is 63.8 Å². The second-order valence-corrected chi connectivity index (χ2v) is 7.20. The summed E-state index contributed by atoms with van der Waals surface area (Å²) in [4.78, 5) is 24.7. The van der Waals surface area contributed by atoms with E-state index in [1.807, 2.05) is 13.8 Å². The van der Waals surface area contributed by atoms with E-state index in [0.717, 1.165) is 38.9 Å². The molecule has 0 aliphatic carbocycles. The molecule has 2 heterocycles. The van der Waals surface area contributed by atoms with Gasteiger partial charge < -0.3 is 20.1 Å². The summed E-state index contributed by atoms with van der Waals surface area (Å²) < 4.78 is 11.2. The first-order valence-electron chi connectivity index (χ1n) is 9.49. The Morgan fingerprint density at radius 1 is 0.846 bits per heavy atom. The van der Waals surface area contributed by atoms with Crippen LogP contribution < -0.4 is 10.6 Å². The molecule has 0 bridgehead atoms. The van der Waals surface area contributed by atoms with E-state index in [9.17, 15) is 9.59 Å². The molecule has 4 atom stereocenters. The molecule has 0 radical (unpaired) electrons. The lowest BCUT2D eigenvalue weighted by Gasteiger charge is -2.20. The van der Waals surface area contributed by atoms with Crippen LogP contribution in [0.5, 0.6) is 0 Å². The summed E-state index contributed by atoms with van der Waals surface area (Å²) in [7, 11) is 0. The number of carbonyl (C=O) groups is 2. The standard InChI is InChI=1S/C20H28N2O4/c1-13(17-5-3-11-25-17)21-19(23)15-7-9-16(10-8-15)20(24)22-14(2)18-6-4-12-26-18/h7-10,13-14,17-18H,3-6,11-12H2,1-2H3,(H,21,23)(H,22,24)/t13-,14+,17+,18-. The summed E-state index contributed by atoms with van der Waals surface area (Å²) in [6.07, 6.45) is 4.21. The van der Waals surface area contributed by atoms with Crippen LogP contribution in [-0.2, 0) is 9.47 Å². The van der Waals surface area contributed by atoms with Gasteiger partial charge in [0.25, 0.3) is 11.8 Å². The van der Waals surface area contributed by atoms with Gasteiger partial charge in [0.05, 0.1) is 24.3 Å². The fraction of sp³-hybridized carbons (Fsp3) is 0.600. The minimum absolute atomic E-state index is 0.0276. The van der Waals surface area contributed by atoms with E-state index in [4.69, 9.17) is 9.47 Å². The van der Waals surface area contributed by atoms with Gasteiger partial charge in [-0.15, -0.1) is 0 Å². The molecule has 2 aliphatic rings. The van der Waals surface area contributed by atoms with Crippen molar-refractivity contribution in [2.24, 2.45) is 0 Å². The molecule has 2 amide bonds. The predicted octanol–water partition coefficient (Wildman–Crippen LogP) is 2.28. The van der Waals surface area contributed by atoms with Crippen LogP contribution in [0, 0.1) is 0 Å². The van der Waals surface area contributed by atoms with Crippen LogP contribution in [0.3, 0.4) is 0 Å². The zero-order valence-electron chi connectivity index (χ0n) is 15.5. The van der Waals surface area contributed by atoms with Crippen LogP contribution in [0.1, 0.15) is 60.2 Å². The SMILES string of the molecule is C[C@H](NC(=O)c1ccc(C(=O)N[C@H](C)[C@@H]2CCCO2)cc1)[C@H]1CCCO1. The Labute approximate surface area is 154 Å². The molecule has 0 spiro atoms. The maximum atomic E-state index is 12.4. The molecular weight excluding hydrogens is 332 g/mol. The van der Waals surface area contributed by atoms with Crippen molar-refractivity contribution in [3.63, 3.8) is 0 Å². The molecule has 0 unspecified atom stereocenters. The van der Waals surface area contributed by atoms with Crippen LogP contribution in [0.15, 0.2) is 24.3 Å². The van der Waals surface area contributed by atoms with E-state index in [0.29, 0.717) is 11.1 Å². The molecule has 2 aliphatic heterocycles. The Balaban J connectivity index is 1.53. The van der Waals surface area contributed by atoms with Gasteiger partial charge in [-0.25, -0.2) is 0 Å². The zero-order chi connectivity index (χ0) is 18.5. The van der Waals surface area contributed by atoms with Crippen molar-refractivity contribution in [2.75, 3.05) is 13.2 Å². The number of amides is 2. The third kappa shape index (κ3) is 4.62. The Bertz CT molecular complexity index is 564. The average Bonchev–Trinajstić information content (AvgIpc) is 3.35. The van der Waals surface area contributed by atoms with Crippen LogP contribution in [0.25, 0.3) is 0 Å².